The van der Waals surface area contributed by atoms with Gasteiger partial charge in [0, 0.05) is 24.9 Å². The summed E-state index contributed by atoms with van der Waals surface area (Å²) in [6.45, 7) is 8.95. The third-order valence-corrected chi connectivity index (χ3v) is 8.17. The normalized spacial score (nSPS) is 14.1. The predicted octanol–water partition coefficient (Wildman–Crippen LogP) is 3.57. The van der Waals surface area contributed by atoms with Crippen LogP contribution in [0.4, 0.5) is 5.95 Å². The summed E-state index contributed by atoms with van der Waals surface area (Å²) in [4.78, 5) is 13.0. The van der Waals surface area contributed by atoms with Gasteiger partial charge in [0.2, 0.25) is 21.9 Å². The molecule has 0 radical (unpaired) electrons. The van der Waals surface area contributed by atoms with E-state index in [2.05, 4.69) is 35.0 Å². The summed E-state index contributed by atoms with van der Waals surface area (Å²) in [6.07, 6.45) is 2.75. The zero-order valence-electron chi connectivity index (χ0n) is 22.9. The molecule has 4 aromatic rings. The van der Waals surface area contributed by atoms with E-state index in [0.717, 1.165) is 5.56 Å². The van der Waals surface area contributed by atoms with Crippen molar-refractivity contribution < 1.29 is 22.4 Å². The molecule has 13 nitrogen and oxygen atoms in total. The van der Waals surface area contributed by atoms with Crippen molar-refractivity contribution in [3.05, 3.63) is 59.0 Å². The second-order valence-corrected chi connectivity index (χ2v) is 11.1. The molecule has 0 saturated heterocycles. The molecule has 39 heavy (non-hydrogen) atoms. The number of aromatic nitrogens is 7. The van der Waals surface area contributed by atoms with Gasteiger partial charge < -0.3 is 14.0 Å². The van der Waals surface area contributed by atoms with E-state index in [1.54, 1.807) is 35.9 Å². The van der Waals surface area contributed by atoms with Crippen molar-refractivity contribution >= 4 is 16.0 Å². The monoisotopic (exact) mass is 556 g/mol. The van der Waals surface area contributed by atoms with E-state index in [9.17, 15) is 8.42 Å². The Balaban J connectivity index is 1.81. The fourth-order valence-electron chi connectivity index (χ4n) is 4.45. The number of sulfonamides is 1. The second-order valence-electron chi connectivity index (χ2n) is 9.04. The lowest BCUT2D eigenvalue weighted by molar-refractivity contribution is 0.0985. The van der Waals surface area contributed by atoms with Gasteiger partial charge in [-0.3, -0.25) is 19.3 Å². The molecule has 3 atom stereocenters. The Hall–Kier alpha value is -3.91. The number of hydrogen-bond acceptors (Lipinski definition) is 11. The first kappa shape index (κ1) is 28.1. The van der Waals surface area contributed by atoms with Crippen molar-refractivity contribution in [2.75, 3.05) is 18.9 Å². The molecule has 14 heteroatoms. The van der Waals surface area contributed by atoms with Crippen molar-refractivity contribution in [3.63, 3.8) is 0 Å². The molecule has 4 heterocycles. The van der Waals surface area contributed by atoms with Crippen molar-refractivity contribution in [1.29, 1.82) is 0 Å². The zero-order chi connectivity index (χ0) is 28.3. The summed E-state index contributed by atoms with van der Waals surface area (Å²) in [6, 6.07) is 4.82. The first-order valence-electron chi connectivity index (χ1n) is 12.3. The van der Waals surface area contributed by atoms with E-state index in [4.69, 9.17) is 14.0 Å². The zero-order valence-corrected chi connectivity index (χ0v) is 23.7. The summed E-state index contributed by atoms with van der Waals surface area (Å²) in [5.74, 6) is 1.35. The van der Waals surface area contributed by atoms with E-state index in [0.29, 0.717) is 46.7 Å². The summed E-state index contributed by atoms with van der Waals surface area (Å²) >= 11 is 0. The highest BCUT2D eigenvalue weighted by Crippen LogP contribution is 2.35. The molecular weight excluding hydrogens is 524 g/mol. The van der Waals surface area contributed by atoms with Gasteiger partial charge in [0.25, 0.3) is 0 Å². The molecule has 0 amide bonds. The van der Waals surface area contributed by atoms with E-state index < -0.39 is 27.4 Å². The lowest BCUT2D eigenvalue weighted by Crippen LogP contribution is -2.33. The van der Waals surface area contributed by atoms with Gasteiger partial charge in [0.1, 0.15) is 22.8 Å². The van der Waals surface area contributed by atoms with Gasteiger partial charge in [-0.15, -0.1) is 10.2 Å². The highest BCUT2D eigenvalue weighted by Gasteiger charge is 2.35. The van der Waals surface area contributed by atoms with Crippen LogP contribution in [0.5, 0.6) is 5.88 Å². The number of nitrogens with zero attached hydrogens (tertiary/aromatic N) is 7. The van der Waals surface area contributed by atoms with Crippen LogP contribution in [0.25, 0.3) is 11.5 Å². The fraction of sp³-hybridized carbons (Fsp3) is 0.440. The first-order chi connectivity index (χ1) is 18.6. The van der Waals surface area contributed by atoms with Crippen molar-refractivity contribution in [2.24, 2.45) is 0 Å². The number of ether oxygens (including phenoxy) is 2. The number of anilines is 1. The van der Waals surface area contributed by atoms with Gasteiger partial charge in [0.15, 0.2) is 5.82 Å². The first-order valence-corrected chi connectivity index (χ1v) is 13.9. The Labute approximate surface area is 227 Å². The maximum absolute atomic E-state index is 13.7. The van der Waals surface area contributed by atoms with Crippen LogP contribution in [0, 0.1) is 20.8 Å². The topological polar surface area (TPSA) is 160 Å². The minimum Gasteiger partial charge on any atom is -0.481 e. The van der Waals surface area contributed by atoms with E-state index in [-0.39, 0.29) is 5.95 Å². The number of nitrogens with one attached hydrogen (secondary N) is 1. The number of rotatable bonds is 11. The van der Waals surface area contributed by atoms with Gasteiger partial charge in [-0.25, -0.2) is 13.4 Å². The maximum Gasteiger partial charge on any atom is 0.240 e. The van der Waals surface area contributed by atoms with Gasteiger partial charge >= 0.3 is 0 Å². The van der Waals surface area contributed by atoms with Crippen LogP contribution in [0.15, 0.2) is 35.1 Å². The smallest absolute Gasteiger partial charge is 0.240 e. The molecule has 0 spiro atoms. The van der Waals surface area contributed by atoms with Crippen LogP contribution in [-0.4, -0.2) is 62.8 Å². The number of pyridine rings is 1. The third kappa shape index (κ3) is 5.61. The quantitative estimate of drug-likeness (QED) is 0.288. The average molecular weight is 557 g/mol. The molecule has 4 aromatic heterocycles. The van der Waals surface area contributed by atoms with Crippen molar-refractivity contribution in [1.82, 2.24) is 34.9 Å². The molecule has 0 saturated carbocycles. The Morgan fingerprint density at radius 1 is 1.10 bits per heavy atom. The van der Waals surface area contributed by atoms with Crippen LogP contribution in [-0.2, 0) is 14.8 Å². The molecule has 0 aliphatic heterocycles. The average Bonchev–Trinajstić information content (AvgIpc) is 3.48. The summed E-state index contributed by atoms with van der Waals surface area (Å²) in [5.41, 5.74) is 3.04. The van der Waals surface area contributed by atoms with E-state index in [1.807, 2.05) is 20.8 Å². The SMILES string of the molecule is CCC(c1c(C)noc1C)n1c(NS(=O)(=O)C(C)C(OC)c2cnc(C)cn2)nnc1-c1cccc(OC)n1. The lowest BCUT2D eigenvalue weighted by atomic mass is 10.0. The van der Waals surface area contributed by atoms with Crippen LogP contribution in [0.3, 0.4) is 0 Å². The Kier molecular flexibility index (Phi) is 8.25. The predicted molar refractivity (Wildman–Crippen MR) is 143 cm³/mol. The Bertz CT molecular complexity index is 1510. The van der Waals surface area contributed by atoms with Gasteiger partial charge in [0.05, 0.1) is 36.4 Å². The van der Waals surface area contributed by atoms with Crippen molar-refractivity contribution in [2.45, 2.75) is 58.4 Å². The third-order valence-electron chi connectivity index (χ3n) is 6.47. The summed E-state index contributed by atoms with van der Waals surface area (Å²) in [7, 11) is -1.12. The minimum atomic E-state index is -4.07. The fourth-order valence-corrected chi connectivity index (χ4v) is 5.61. The number of methoxy groups -OCH3 is 2. The Morgan fingerprint density at radius 2 is 1.87 bits per heavy atom. The van der Waals surface area contributed by atoms with Crippen LogP contribution in [0.2, 0.25) is 0 Å². The van der Waals surface area contributed by atoms with Gasteiger partial charge in [-0.05, 0) is 40.2 Å². The molecular formula is C25H32N8O5S. The largest absolute Gasteiger partial charge is 0.481 e. The van der Waals surface area contributed by atoms with Crippen LogP contribution < -0.4 is 9.46 Å². The van der Waals surface area contributed by atoms with Crippen molar-refractivity contribution in [3.8, 4) is 17.4 Å². The lowest BCUT2D eigenvalue weighted by Gasteiger charge is -2.24. The van der Waals surface area contributed by atoms with E-state index in [1.165, 1.54) is 27.3 Å². The molecule has 4 rings (SSSR count). The molecule has 0 bridgehead atoms. The minimum absolute atomic E-state index is 0.0122. The molecule has 208 valence electrons. The highest BCUT2D eigenvalue weighted by atomic mass is 32.2. The van der Waals surface area contributed by atoms with Crippen LogP contribution in [0.1, 0.15) is 60.8 Å². The van der Waals surface area contributed by atoms with Gasteiger partial charge in [-0.2, -0.15) is 0 Å². The molecule has 0 fully saturated rings. The molecule has 0 aromatic carbocycles. The number of hydrogen-bond donors (Lipinski definition) is 1. The summed E-state index contributed by atoms with van der Waals surface area (Å²) < 4.78 is 48.0. The molecule has 3 unspecified atom stereocenters. The highest BCUT2D eigenvalue weighted by molar-refractivity contribution is 7.93. The van der Waals surface area contributed by atoms with E-state index >= 15 is 0 Å². The standard InChI is InChI=1S/C25H32N8O5S/c1-8-20(22-15(3)31-38-16(22)4)33-24(18-10-9-11-21(28-18)36-6)29-30-25(33)32-39(34,35)17(5)23(37-7)19-13-26-14(2)12-27-19/h9-13,17,20,23H,8H2,1-7H3,(H,30,32). The number of aryl methyl sites for hydroxylation is 3. The Morgan fingerprint density at radius 3 is 2.46 bits per heavy atom. The summed E-state index contributed by atoms with van der Waals surface area (Å²) in [5, 5.41) is 11.6. The molecule has 0 aliphatic rings. The maximum atomic E-state index is 13.7. The van der Waals surface area contributed by atoms with Gasteiger partial charge in [-0.1, -0.05) is 18.1 Å². The second kappa shape index (κ2) is 11.5. The molecule has 0 aliphatic carbocycles. The van der Waals surface area contributed by atoms with Crippen LogP contribution >= 0.6 is 0 Å². The molecule has 1 N–H and O–H groups in total.